The Bertz CT molecular complexity index is 544. The third kappa shape index (κ3) is 3.25. The van der Waals surface area contributed by atoms with Crippen LogP contribution >= 0.6 is 0 Å². The summed E-state index contributed by atoms with van der Waals surface area (Å²) in [6.07, 6.45) is -0.983. The van der Waals surface area contributed by atoms with E-state index in [2.05, 4.69) is 0 Å². The number of aliphatic carboxylic acids is 1. The van der Waals surface area contributed by atoms with Crippen molar-refractivity contribution in [2.45, 2.75) is 6.10 Å². The summed E-state index contributed by atoms with van der Waals surface area (Å²) >= 11 is 0. The lowest BCUT2D eigenvalue weighted by Gasteiger charge is -2.31. The molecule has 1 fully saturated rings. The first-order chi connectivity index (χ1) is 10.1. The fourth-order valence-electron chi connectivity index (χ4n) is 2.13. The van der Waals surface area contributed by atoms with Crippen LogP contribution in [0.25, 0.3) is 0 Å². The Hall–Kier alpha value is -2.28. The lowest BCUT2D eigenvalue weighted by Crippen LogP contribution is -2.48. The van der Waals surface area contributed by atoms with E-state index in [4.69, 9.17) is 19.3 Å². The van der Waals surface area contributed by atoms with E-state index in [1.807, 2.05) is 0 Å². The number of carboxylic acid groups (broad SMARTS) is 1. The Morgan fingerprint density at radius 2 is 2.00 bits per heavy atom. The van der Waals surface area contributed by atoms with Crippen molar-refractivity contribution in [1.82, 2.24) is 4.90 Å². The Morgan fingerprint density at radius 1 is 1.29 bits per heavy atom. The van der Waals surface area contributed by atoms with Crippen LogP contribution in [0.2, 0.25) is 0 Å². The van der Waals surface area contributed by atoms with Gasteiger partial charge in [-0.1, -0.05) is 0 Å². The molecule has 1 unspecified atom stereocenters. The predicted octanol–water partition coefficient (Wildman–Crippen LogP) is 0.629. The van der Waals surface area contributed by atoms with Gasteiger partial charge in [-0.2, -0.15) is 0 Å². The van der Waals surface area contributed by atoms with Crippen molar-refractivity contribution in [3.8, 4) is 11.5 Å². The van der Waals surface area contributed by atoms with E-state index in [0.717, 1.165) is 0 Å². The summed E-state index contributed by atoms with van der Waals surface area (Å²) in [4.78, 5) is 24.8. The molecule has 1 amide bonds. The number of carbonyl (C=O) groups is 2. The minimum atomic E-state index is -1.07. The standard InChI is InChI=1S/C14H17NO6/c1-19-10-4-3-9(7-11(10)20-2)13(16)15-5-6-21-12(8-15)14(17)18/h3-4,7,12H,5-6,8H2,1-2H3,(H,17,18). The van der Waals surface area contributed by atoms with Crippen molar-refractivity contribution in [2.75, 3.05) is 33.9 Å². The molecule has 0 bridgehead atoms. The molecule has 7 heteroatoms. The second-order valence-electron chi connectivity index (χ2n) is 4.52. The molecule has 0 saturated carbocycles. The highest BCUT2D eigenvalue weighted by atomic mass is 16.5. The minimum Gasteiger partial charge on any atom is -0.493 e. The van der Waals surface area contributed by atoms with Crippen molar-refractivity contribution in [1.29, 1.82) is 0 Å². The van der Waals surface area contributed by atoms with E-state index < -0.39 is 12.1 Å². The first kappa shape index (κ1) is 15.1. The molecule has 1 aromatic rings. The number of hydrogen-bond donors (Lipinski definition) is 1. The smallest absolute Gasteiger partial charge is 0.334 e. The topological polar surface area (TPSA) is 85.3 Å². The second kappa shape index (κ2) is 6.45. The molecule has 114 valence electrons. The molecule has 7 nitrogen and oxygen atoms in total. The fourth-order valence-corrected chi connectivity index (χ4v) is 2.13. The van der Waals surface area contributed by atoms with Crippen molar-refractivity contribution in [2.24, 2.45) is 0 Å². The van der Waals surface area contributed by atoms with Crippen LogP contribution in [0.4, 0.5) is 0 Å². The van der Waals surface area contributed by atoms with Gasteiger partial charge in [0.05, 0.1) is 27.4 Å². The molecule has 0 aliphatic carbocycles. The Balaban J connectivity index is 2.17. The van der Waals surface area contributed by atoms with Gasteiger partial charge in [0.15, 0.2) is 17.6 Å². The summed E-state index contributed by atoms with van der Waals surface area (Å²) in [5.41, 5.74) is 0.415. The molecule has 1 atom stereocenters. The molecular weight excluding hydrogens is 278 g/mol. The van der Waals surface area contributed by atoms with Gasteiger partial charge < -0.3 is 24.2 Å². The zero-order valence-electron chi connectivity index (χ0n) is 11.9. The predicted molar refractivity (Wildman–Crippen MR) is 72.8 cm³/mol. The highest BCUT2D eigenvalue weighted by molar-refractivity contribution is 5.95. The molecule has 1 saturated heterocycles. The molecule has 0 spiro atoms. The van der Waals surface area contributed by atoms with Gasteiger partial charge in [0.1, 0.15) is 0 Å². The summed E-state index contributed by atoms with van der Waals surface area (Å²) in [7, 11) is 3.00. The van der Waals surface area contributed by atoms with E-state index in [1.165, 1.54) is 19.1 Å². The Labute approximate surface area is 122 Å². The monoisotopic (exact) mass is 295 g/mol. The Kier molecular flexibility index (Phi) is 4.64. The minimum absolute atomic E-state index is 0.0303. The third-order valence-corrected chi connectivity index (χ3v) is 3.26. The van der Waals surface area contributed by atoms with Crippen LogP contribution in [0, 0.1) is 0 Å². The number of carboxylic acids is 1. The maximum Gasteiger partial charge on any atom is 0.334 e. The second-order valence-corrected chi connectivity index (χ2v) is 4.52. The van der Waals surface area contributed by atoms with Crippen molar-refractivity contribution in [3.05, 3.63) is 23.8 Å². The van der Waals surface area contributed by atoms with Crippen molar-refractivity contribution in [3.63, 3.8) is 0 Å². The van der Waals surface area contributed by atoms with Gasteiger partial charge in [0.25, 0.3) is 5.91 Å². The van der Waals surface area contributed by atoms with E-state index in [0.29, 0.717) is 23.6 Å². The van der Waals surface area contributed by atoms with E-state index >= 15 is 0 Å². The van der Waals surface area contributed by atoms with Gasteiger partial charge in [-0.25, -0.2) is 4.79 Å². The summed E-state index contributed by atoms with van der Waals surface area (Å²) < 4.78 is 15.4. The molecule has 1 aromatic carbocycles. The van der Waals surface area contributed by atoms with Crippen LogP contribution in [0.1, 0.15) is 10.4 Å². The molecule has 1 N–H and O–H groups in total. The van der Waals surface area contributed by atoms with Gasteiger partial charge in [-0.15, -0.1) is 0 Å². The lowest BCUT2D eigenvalue weighted by atomic mass is 10.1. The average Bonchev–Trinajstić information content (AvgIpc) is 2.53. The molecule has 0 aromatic heterocycles. The van der Waals surface area contributed by atoms with E-state index in [1.54, 1.807) is 18.2 Å². The van der Waals surface area contributed by atoms with Crippen LogP contribution < -0.4 is 9.47 Å². The quantitative estimate of drug-likeness (QED) is 0.877. The summed E-state index contributed by atoms with van der Waals surface area (Å²) in [5.74, 6) is -0.351. The van der Waals surface area contributed by atoms with Crippen molar-refractivity contribution < 1.29 is 28.9 Å². The highest BCUT2D eigenvalue weighted by Gasteiger charge is 2.29. The van der Waals surface area contributed by atoms with Gasteiger partial charge in [0, 0.05) is 12.1 Å². The summed E-state index contributed by atoms with van der Waals surface area (Å²) in [5, 5.41) is 8.96. The van der Waals surface area contributed by atoms with Gasteiger partial charge >= 0.3 is 5.97 Å². The first-order valence-corrected chi connectivity index (χ1v) is 6.42. The normalized spacial score (nSPS) is 18.2. The highest BCUT2D eigenvalue weighted by Crippen LogP contribution is 2.28. The molecule has 1 aliphatic rings. The third-order valence-electron chi connectivity index (χ3n) is 3.26. The fraction of sp³-hybridized carbons (Fsp3) is 0.429. The molecule has 1 aliphatic heterocycles. The SMILES string of the molecule is COc1ccc(C(=O)N2CCOC(C(=O)O)C2)cc1OC. The molecule has 0 radical (unpaired) electrons. The zero-order chi connectivity index (χ0) is 15.4. The number of rotatable bonds is 4. The number of benzene rings is 1. The number of amides is 1. The van der Waals surface area contributed by atoms with Gasteiger partial charge in [0.2, 0.25) is 0 Å². The number of morpholine rings is 1. The van der Waals surface area contributed by atoms with E-state index in [9.17, 15) is 9.59 Å². The largest absolute Gasteiger partial charge is 0.493 e. The van der Waals surface area contributed by atoms with Crippen LogP contribution in [0.3, 0.4) is 0 Å². The molecule has 21 heavy (non-hydrogen) atoms. The van der Waals surface area contributed by atoms with Gasteiger partial charge in [-0.05, 0) is 18.2 Å². The van der Waals surface area contributed by atoms with Gasteiger partial charge in [-0.3, -0.25) is 4.79 Å². The number of methoxy groups -OCH3 is 2. The van der Waals surface area contributed by atoms with Crippen molar-refractivity contribution >= 4 is 11.9 Å². The first-order valence-electron chi connectivity index (χ1n) is 6.42. The van der Waals surface area contributed by atoms with E-state index in [-0.39, 0.29) is 19.1 Å². The summed E-state index contributed by atoms with van der Waals surface area (Å²) in [6.45, 7) is 0.593. The average molecular weight is 295 g/mol. The summed E-state index contributed by atoms with van der Waals surface area (Å²) in [6, 6.07) is 4.84. The number of nitrogens with zero attached hydrogens (tertiary/aromatic N) is 1. The van der Waals surface area contributed by atoms with Crippen LogP contribution in [-0.2, 0) is 9.53 Å². The van der Waals surface area contributed by atoms with Crippen LogP contribution in [0.15, 0.2) is 18.2 Å². The molecular formula is C14H17NO6. The van der Waals surface area contributed by atoms with Crippen LogP contribution in [-0.4, -0.2) is 61.9 Å². The maximum atomic E-state index is 12.4. The molecule has 1 heterocycles. The maximum absolute atomic E-state index is 12.4. The number of hydrogen-bond acceptors (Lipinski definition) is 5. The van der Waals surface area contributed by atoms with Crippen LogP contribution in [0.5, 0.6) is 11.5 Å². The Morgan fingerprint density at radius 3 is 2.62 bits per heavy atom. The number of carbonyl (C=O) groups excluding carboxylic acids is 1. The number of ether oxygens (including phenoxy) is 3. The lowest BCUT2D eigenvalue weighted by molar-refractivity contribution is -0.154. The zero-order valence-corrected chi connectivity index (χ0v) is 11.9. The molecule has 2 rings (SSSR count).